The highest BCUT2D eigenvalue weighted by molar-refractivity contribution is 9.10. The van der Waals surface area contributed by atoms with Crippen molar-refractivity contribution in [3.63, 3.8) is 0 Å². The summed E-state index contributed by atoms with van der Waals surface area (Å²) >= 11 is 5.28. The number of aryl methyl sites for hydroxylation is 2. The molecule has 0 spiro atoms. The third kappa shape index (κ3) is 4.32. The quantitative estimate of drug-likeness (QED) is 0.810. The highest BCUT2D eigenvalue weighted by Crippen LogP contribution is 2.29. The number of aliphatic carboxylic acids is 1. The number of carboxylic acids is 1. The molecular weight excluding hydrogens is 350 g/mol. The molecule has 0 saturated heterocycles. The van der Waals surface area contributed by atoms with Gasteiger partial charge in [0.2, 0.25) is 0 Å². The van der Waals surface area contributed by atoms with E-state index in [-0.39, 0.29) is 6.42 Å². The summed E-state index contributed by atoms with van der Waals surface area (Å²) in [4.78, 5) is 15.5. The number of para-hydroxylation sites is 1. The number of rotatable bonds is 6. The zero-order valence-corrected chi connectivity index (χ0v) is 14.5. The number of carboxylic acid groups (broad SMARTS) is 1. The molecule has 0 aliphatic heterocycles. The molecule has 0 unspecified atom stereocenters. The van der Waals surface area contributed by atoms with Crippen LogP contribution in [0, 0.1) is 13.8 Å². The van der Waals surface area contributed by atoms with Gasteiger partial charge < -0.3 is 10.0 Å². The minimum absolute atomic E-state index is 0.139. The highest BCUT2D eigenvalue weighted by Gasteiger charge is 2.13. The summed E-state index contributed by atoms with van der Waals surface area (Å²) < 4.78 is 1.12. The summed E-state index contributed by atoms with van der Waals surface area (Å²) in [5.74, 6) is -0.767. The molecular formula is C16H18BrNO2S. The molecule has 1 aromatic carbocycles. The standard InChI is InChI=1S/C16H18BrNO2S/c1-11-5-3-4-6-15(11)18(8-7-16(19)20)10-13-9-14(17)12(2)21-13/h3-6,9H,7-8,10H2,1-2H3,(H,19,20). The molecule has 0 atom stereocenters. The Morgan fingerprint density at radius 1 is 1.33 bits per heavy atom. The SMILES string of the molecule is Cc1ccccc1N(CCC(=O)O)Cc1cc(Br)c(C)s1. The zero-order valence-electron chi connectivity index (χ0n) is 12.1. The molecule has 0 bridgehead atoms. The molecule has 1 N–H and O–H groups in total. The number of thiophene rings is 1. The third-order valence-electron chi connectivity index (χ3n) is 3.31. The van der Waals surface area contributed by atoms with Crippen LogP contribution in [-0.4, -0.2) is 17.6 Å². The predicted octanol–water partition coefficient (Wildman–Crippen LogP) is 4.61. The van der Waals surface area contributed by atoms with E-state index in [2.05, 4.69) is 46.8 Å². The Labute approximate surface area is 137 Å². The molecule has 21 heavy (non-hydrogen) atoms. The normalized spacial score (nSPS) is 10.6. The average Bonchev–Trinajstić information content (AvgIpc) is 2.74. The number of halogens is 1. The number of nitrogens with zero attached hydrogens (tertiary/aromatic N) is 1. The van der Waals surface area contributed by atoms with Crippen LogP contribution in [0.2, 0.25) is 0 Å². The lowest BCUT2D eigenvalue weighted by Crippen LogP contribution is -2.26. The Morgan fingerprint density at radius 2 is 2.05 bits per heavy atom. The number of hydrogen-bond donors (Lipinski definition) is 1. The second-order valence-corrected chi connectivity index (χ2v) is 7.16. The Morgan fingerprint density at radius 3 is 2.62 bits per heavy atom. The smallest absolute Gasteiger partial charge is 0.305 e. The maximum Gasteiger partial charge on any atom is 0.305 e. The first-order valence-electron chi connectivity index (χ1n) is 6.74. The van der Waals surface area contributed by atoms with Crippen molar-refractivity contribution in [2.75, 3.05) is 11.4 Å². The topological polar surface area (TPSA) is 40.5 Å². The molecule has 0 aliphatic rings. The van der Waals surface area contributed by atoms with Gasteiger partial charge in [0.05, 0.1) is 13.0 Å². The van der Waals surface area contributed by atoms with Gasteiger partial charge in [0, 0.05) is 26.5 Å². The fourth-order valence-corrected chi connectivity index (χ4v) is 3.83. The summed E-state index contributed by atoms with van der Waals surface area (Å²) in [6.07, 6.45) is 0.139. The van der Waals surface area contributed by atoms with E-state index in [1.165, 1.54) is 9.75 Å². The third-order valence-corrected chi connectivity index (χ3v) is 5.43. The van der Waals surface area contributed by atoms with Crippen molar-refractivity contribution in [2.24, 2.45) is 0 Å². The molecule has 2 rings (SSSR count). The van der Waals surface area contributed by atoms with Gasteiger partial charge in [-0.05, 0) is 47.5 Å². The second kappa shape index (κ2) is 7.09. The minimum atomic E-state index is -0.767. The first kappa shape index (κ1) is 16.0. The van der Waals surface area contributed by atoms with Crippen LogP contribution in [0.3, 0.4) is 0 Å². The Hall–Kier alpha value is -1.33. The van der Waals surface area contributed by atoms with Gasteiger partial charge in [-0.25, -0.2) is 0 Å². The van der Waals surface area contributed by atoms with Crippen molar-refractivity contribution in [1.29, 1.82) is 0 Å². The Kier molecular flexibility index (Phi) is 5.42. The van der Waals surface area contributed by atoms with Crippen molar-refractivity contribution in [3.8, 4) is 0 Å². The van der Waals surface area contributed by atoms with Gasteiger partial charge in [-0.2, -0.15) is 0 Å². The maximum absolute atomic E-state index is 10.9. The van der Waals surface area contributed by atoms with E-state index >= 15 is 0 Å². The predicted molar refractivity (Wildman–Crippen MR) is 91.2 cm³/mol. The largest absolute Gasteiger partial charge is 0.481 e. The van der Waals surface area contributed by atoms with Gasteiger partial charge in [-0.1, -0.05) is 18.2 Å². The number of carbonyl (C=O) groups is 1. The van der Waals surface area contributed by atoms with Crippen LogP contribution >= 0.6 is 27.3 Å². The van der Waals surface area contributed by atoms with Gasteiger partial charge in [-0.15, -0.1) is 11.3 Å². The molecule has 0 saturated carbocycles. The van der Waals surface area contributed by atoms with E-state index < -0.39 is 5.97 Å². The van der Waals surface area contributed by atoms with Gasteiger partial charge in [0.1, 0.15) is 0 Å². The van der Waals surface area contributed by atoms with E-state index in [1.54, 1.807) is 11.3 Å². The molecule has 3 nitrogen and oxygen atoms in total. The van der Waals surface area contributed by atoms with Crippen LogP contribution in [-0.2, 0) is 11.3 Å². The highest BCUT2D eigenvalue weighted by atomic mass is 79.9. The molecule has 1 heterocycles. The molecule has 112 valence electrons. The average molecular weight is 368 g/mol. The van der Waals surface area contributed by atoms with Gasteiger partial charge in [0.25, 0.3) is 0 Å². The summed E-state index contributed by atoms with van der Waals surface area (Å²) in [5.41, 5.74) is 2.26. The van der Waals surface area contributed by atoms with Crippen LogP contribution in [0.25, 0.3) is 0 Å². The van der Waals surface area contributed by atoms with Crippen molar-refractivity contribution in [2.45, 2.75) is 26.8 Å². The summed E-state index contributed by atoms with van der Waals surface area (Å²) in [6, 6.07) is 10.2. The van der Waals surface area contributed by atoms with E-state index in [0.29, 0.717) is 6.54 Å². The number of hydrogen-bond acceptors (Lipinski definition) is 3. The van der Waals surface area contributed by atoms with Gasteiger partial charge >= 0.3 is 5.97 Å². The van der Waals surface area contributed by atoms with Crippen LogP contribution < -0.4 is 4.90 Å². The Bertz CT molecular complexity index is 619. The lowest BCUT2D eigenvalue weighted by molar-refractivity contribution is -0.136. The van der Waals surface area contributed by atoms with E-state index in [1.807, 2.05) is 18.2 Å². The van der Waals surface area contributed by atoms with Crippen molar-refractivity contribution >= 4 is 38.9 Å². The van der Waals surface area contributed by atoms with Crippen LogP contribution in [0.4, 0.5) is 5.69 Å². The van der Waals surface area contributed by atoms with Crippen molar-refractivity contribution in [3.05, 3.63) is 50.1 Å². The summed E-state index contributed by atoms with van der Waals surface area (Å²) in [6.45, 7) is 5.37. The van der Waals surface area contributed by atoms with Crippen LogP contribution in [0.15, 0.2) is 34.8 Å². The first-order chi connectivity index (χ1) is 9.97. The fraction of sp³-hybridized carbons (Fsp3) is 0.312. The lowest BCUT2D eigenvalue weighted by Gasteiger charge is -2.25. The number of benzene rings is 1. The minimum Gasteiger partial charge on any atom is -0.481 e. The zero-order chi connectivity index (χ0) is 15.4. The van der Waals surface area contributed by atoms with Crippen LogP contribution in [0.1, 0.15) is 21.7 Å². The second-order valence-electron chi connectivity index (χ2n) is 4.97. The maximum atomic E-state index is 10.9. The van der Waals surface area contributed by atoms with Gasteiger partial charge in [-0.3, -0.25) is 4.79 Å². The molecule has 1 aromatic heterocycles. The molecule has 5 heteroatoms. The summed E-state index contributed by atoms with van der Waals surface area (Å²) in [7, 11) is 0. The van der Waals surface area contributed by atoms with E-state index in [9.17, 15) is 4.79 Å². The van der Waals surface area contributed by atoms with E-state index in [4.69, 9.17) is 5.11 Å². The molecule has 0 amide bonds. The van der Waals surface area contributed by atoms with Gasteiger partial charge in [0.15, 0.2) is 0 Å². The molecule has 2 aromatic rings. The van der Waals surface area contributed by atoms with Crippen LogP contribution in [0.5, 0.6) is 0 Å². The molecule has 0 fully saturated rings. The first-order valence-corrected chi connectivity index (χ1v) is 8.35. The lowest BCUT2D eigenvalue weighted by atomic mass is 10.1. The van der Waals surface area contributed by atoms with Crippen molar-refractivity contribution in [1.82, 2.24) is 0 Å². The fourth-order valence-electron chi connectivity index (χ4n) is 2.22. The molecule has 0 aliphatic carbocycles. The molecule has 0 radical (unpaired) electrons. The van der Waals surface area contributed by atoms with Crippen molar-refractivity contribution < 1.29 is 9.90 Å². The monoisotopic (exact) mass is 367 g/mol. The number of anilines is 1. The van der Waals surface area contributed by atoms with E-state index in [0.717, 1.165) is 22.3 Å². The Balaban J connectivity index is 2.23. The summed E-state index contributed by atoms with van der Waals surface area (Å²) in [5, 5.41) is 8.96.